The molecule has 0 spiro atoms. The third-order valence-corrected chi connectivity index (χ3v) is 7.20. The fourth-order valence-corrected chi connectivity index (χ4v) is 5.02. The van der Waals surface area contributed by atoms with Gasteiger partial charge in [0, 0.05) is 12.1 Å². The van der Waals surface area contributed by atoms with Crippen molar-refractivity contribution in [3.05, 3.63) is 83.6 Å². The number of nitrogen functional groups attached to an aromatic ring is 1. The topological polar surface area (TPSA) is 104 Å². The Balaban J connectivity index is 1.29. The number of carbonyl (C=O) groups excluding carboxylic acids is 1. The van der Waals surface area contributed by atoms with Crippen molar-refractivity contribution in [1.82, 2.24) is 24.6 Å². The van der Waals surface area contributed by atoms with E-state index in [0.717, 1.165) is 37.8 Å². The van der Waals surface area contributed by atoms with Gasteiger partial charge in [-0.2, -0.15) is 5.10 Å². The molecule has 11 heteroatoms. The maximum atomic E-state index is 14.0. The molecule has 1 saturated heterocycles. The van der Waals surface area contributed by atoms with Crippen LogP contribution in [0, 0.1) is 24.1 Å². The number of rotatable bonds is 7. The van der Waals surface area contributed by atoms with E-state index in [9.17, 15) is 13.6 Å². The average molecular weight is 542 g/mol. The van der Waals surface area contributed by atoms with Crippen molar-refractivity contribution in [3.8, 4) is 22.8 Å². The predicted molar refractivity (Wildman–Crippen MR) is 144 cm³/mol. The summed E-state index contributed by atoms with van der Waals surface area (Å²) in [5, 5.41) is 5.36. The molecule has 2 N–H and O–H groups in total. The molecule has 2 fully saturated rings. The van der Waals surface area contributed by atoms with Crippen LogP contribution in [0.15, 0.2) is 60.6 Å². The zero-order chi connectivity index (χ0) is 27.8. The molecule has 1 aliphatic heterocycles. The Kier molecular flexibility index (Phi) is 6.59. The first-order valence-electron chi connectivity index (χ1n) is 13.0. The van der Waals surface area contributed by atoms with Crippen LogP contribution in [0.2, 0.25) is 0 Å². The number of benzene rings is 2. The second kappa shape index (κ2) is 10.4. The molecule has 1 amide bonds. The van der Waals surface area contributed by atoms with Crippen molar-refractivity contribution in [2.24, 2.45) is 5.92 Å². The minimum Gasteiger partial charge on any atom is -0.451 e. The van der Waals surface area contributed by atoms with Crippen LogP contribution >= 0.6 is 0 Å². The first-order valence-corrected chi connectivity index (χ1v) is 13.0. The number of fused-ring (bicyclic) bond motifs is 1. The smallest absolute Gasteiger partial charge is 0.252 e. The van der Waals surface area contributed by atoms with E-state index in [4.69, 9.17) is 22.1 Å². The molecule has 2 aromatic heterocycles. The van der Waals surface area contributed by atoms with E-state index in [2.05, 4.69) is 14.8 Å². The monoisotopic (exact) mass is 541 g/mol. The van der Waals surface area contributed by atoms with Gasteiger partial charge in [-0.15, -0.1) is 0 Å². The van der Waals surface area contributed by atoms with Gasteiger partial charge in [-0.3, -0.25) is 4.79 Å². The highest BCUT2D eigenvalue weighted by molar-refractivity contribution is 5.98. The van der Waals surface area contributed by atoms with Gasteiger partial charge in [0.2, 0.25) is 5.70 Å². The maximum absolute atomic E-state index is 14.0. The molecule has 0 bridgehead atoms. The zero-order valence-electron chi connectivity index (χ0n) is 21.4. The van der Waals surface area contributed by atoms with E-state index in [1.807, 2.05) is 0 Å². The average Bonchev–Trinajstić information content (AvgIpc) is 3.53. The second-order valence-electron chi connectivity index (χ2n) is 9.96. The normalized spacial score (nSPS) is 17.3. The molecule has 1 aliphatic carbocycles. The Morgan fingerprint density at radius 2 is 1.88 bits per heavy atom. The minimum atomic E-state index is -0.801. The van der Waals surface area contributed by atoms with E-state index >= 15 is 0 Å². The number of nitrogens with zero attached hydrogens (tertiary/aromatic N) is 6. The highest BCUT2D eigenvalue weighted by atomic mass is 19.1. The van der Waals surface area contributed by atoms with Gasteiger partial charge >= 0.3 is 0 Å². The van der Waals surface area contributed by atoms with Crippen LogP contribution in [-0.4, -0.2) is 43.1 Å². The van der Waals surface area contributed by atoms with E-state index < -0.39 is 17.4 Å². The maximum Gasteiger partial charge on any atom is 0.252 e. The van der Waals surface area contributed by atoms with Crippen molar-refractivity contribution in [3.63, 3.8) is 0 Å². The third-order valence-electron chi connectivity index (χ3n) is 7.20. The Hall–Kier alpha value is -4.85. The van der Waals surface area contributed by atoms with Crippen LogP contribution in [0.4, 0.5) is 14.6 Å². The highest BCUT2D eigenvalue weighted by Gasteiger charge is 2.33. The van der Waals surface area contributed by atoms with E-state index in [1.165, 1.54) is 12.4 Å². The summed E-state index contributed by atoms with van der Waals surface area (Å²) >= 11 is 0. The number of para-hydroxylation sites is 1. The molecule has 1 saturated carbocycles. The van der Waals surface area contributed by atoms with Crippen molar-refractivity contribution in [1.29, 1.82) is 0 Å². The van der Waals surface area contributed by atoms with Crippen molar-refractivity contribution in [2.75, 3.05) is 12.3 Å². The number of aromatic nitrogens is 4. The van der Waals surface area contributed by atoms with Crippen molar-refractivity contribution < 1.29 is 18.3 Å². The Morgan fingerprint density at radius 3 is 2.58 bits per heavy atom. The molecule has 9 nitrogen and oxygen atoms in total. The third kappa shape index (κ3) is 4.84. The fourth-order valence-electron chi connectivity index (χ4n) is 5.02. The summed E-state index contributed by atoms with van der Waals surface area (Å²) in [4.78, 5) is 27.0. The van der Waals surface area contributed by atoms with Gasteiger partial charge < -0.3 is 15.4 Å². The summed E-state index contributed by atoms with van der Waals surface area (Å²) in [5.74, 6) is -1.50. The summed E-state index contributed by atoms with van der Waals surface area (Å²) in [6.45, 7) is 8.46. The number of halogens is 2. The number of nitrogens with two attached hydrogens (primary N) is 1. The van der Waals surface area contributed by atoms with Crippen molar-refractivity contribution in [2.45, 2.75) is 38.3 Å². The van der Waals surface area contributed by atoms with Crippen LogP contribution in [-0.2, 0) is 11.3 Å². The Morgan fingerprint density at radius 1 is 1.12 bits per heavy atom. The molecule has 2 aromatic carbocycles. The quantitative estimate of drug-likeness (QED) is 0.250. The van der Waals surface area contributed by atoms with Crippen LogP contribution < -0.4 is 10.5 Å². The molecule has 0 unspecified atom stereocenters. The number of carbonyl (C=O) groups is 1. The number of likely N-dealkylation sites (tertiary alicyclic amines) is 1. The summed E-state index contributed by atoms with van der Waals surface area (Å²) in [7, 11) is 0. The molecule has 4 aromatic rings. The molecule has 3 heterocycles. The lowest BCUT2D eigenvalue weighted by atomic mass is 10.1. The lowest BCUT2D eigenvalue weighted by Gasteiger charge is -2.24. The van der Waals surface area contributed by atoms with E-state index in [0.29, 0.717) is 41.3 Å². The molecule has 202 valence electrons. The van der Waals surface area contributed by atoms with E-state index in [-0.39, 0.29) is 29.2 Å². The second-order valence-corrected chi connectivity index (χ2v) is 9.96. The first-order chi connectivity index (χ1) is 19.4. The van der Waals surface area contributed by atoms with Crippen LogP contribution in [0.25, 0.3) is 27.1 Å². The van der Waals surface area contributed by atoms with Gasteiger partial charge in [0.05, 0.1) is 24.5 Å². The fraction of sp³-hybridized carbons (Fsp3) is 0.276. The molecule has 40 heavy (non-hydrogen) atoms. The van der Waals surface area contributed by atoms with Gasteiger partial charge in [0.25, 0.3) is 5.91 Å². The van der Waals surface area contributed by atoms with Gasteiger partial charge in [-0.25, -0.2) is 28.3 Å². The number of allylic oxidation sites excluding steroid dienone is 1. The summed E-state index contributed by atoms with van der Waals surface area (Å²) < 4.78 is 35.2. The Labute approximate surface area is 228 Å². The first kappa shape index (κ1) is 25.4. The number of hydrogen-bond acceptors (Lipinski definition) is 6. The predicted octanol–water partition coefficient (Wildman–Crippen LogP) is 5.35. The molecule has 0 radical (unpaired) electrons. The van der Waals surface area contributed by atoms with Crippen LogP contribution in [0.1, 0.15) is 25.7 Å². The highest BCUT2D eigenvalue weighted by Crippen LogP contribution is 2.35. The molecular formula is C29H25F2N7O2. The van der Waals surface area contributed by atoms with Crippen LogP contribution in [0.5, 0.6) is 11.5 Å². The molecule has 6 rings (SSSR count). The van der Waals surface area contributed by atoms with E-state index in [1.54, 1.807) is 39.9 Å². The number of anilines is 1. The molecule has 1 atom stereocenters. The summed E-state index contributed by atoms with van der Waals surface area (Å²) in [6.07, 6.45) is 6.81. The summed E-state index contributed by atoms with van der Waals surface area (Å²) in [5.41, 5.74) is 8.16. The molecule has 2 aliphatic rings. The number of ether oxygens (including phenoxy) is 1. The largest absolute Gasteiger partial charge is 0.451 e. The van der Waals surface area contributed by atoms with Crippen LogP contribution in [0.3, 0.4) is 0 Å². The number of amides is 1. The minimum absolute atomic E-state index is 0.157. The Bertz CT molecular complexity index is 1650. The van der Waals surface area contributed by atoms with Gasteiger partial charge in [-0.1, -0.05) is 12.1 Å². The van der Waals surface area contributed by atoms with Crippen molar-refractivity contribution >= 4 is 22.8 Å². The van der Waals surface area contributed by atoms with Gasteiger partial charge in [0.15, 0.2) is 23.0 Å². The van der Waals surface area contributed by atoms with Gasteiger partial charge in [-0.05, 0) is 68.0 Å². The summed E-state index contributed by atoms with van der Waals surface area (Å²) in [6, 6.07) is 9.95. The lowest BCUT2D eigenvalue weighted by molar-refractivity contribution is -0.127. The van der Waals surface area contributed by atoms with Gasteiger partial charge in [0.1, 0.15) is 23.6 Å². The number of hydrogen-bond donors (Lipinski definition) is 1. The SMILES string of the molecule is [C-]#[N+]/C(=C/C1CC1)C(=O)N1CCC[C@@H]1Cn1nc(-c2ccc(Oc3c(F)cccc3F)cc2)c2c(N)ncnc21. The lowest BCUT2D eigenvalue weighted by Crippen LogP contribution is -2.38. The standard InChI is InChI=1S/C29H25F2N7O2/c1-33-23(14-17-7-8-17)29(39)37-13-3-4-19(37)15-38-28-24(27(32)34-16-35-28)25(36-38)18-9-11-20(12-10-18)40-26-21(30)5-2-6-22(26)31/h2,5-6,9-12,14,16-17,19H,3-4,7-8,13,15H2,(H2,32,34,35)/b23-14+/t19-/m1/s1. The zero-order valence-corrected chi connectivity index (χ0v) is 21.4. The molecular weight excluding hydrogens is 516 g/mol.